The lowest BCUT2D eigenvalue weighted by Gasteiger charge is -2.38. The number of amides is 2. The third kappa shape index (κ3) is 6.21. The number of benzene rings is 1. The number of aromatic nitrogens is 2. The molecule has 2 aromatic heterocycles. The fourth-order valence-electron chi connectivity index (χ4n) is 4.96. The molecule has 2 unspecified atom stereocenters. The number of nitriles is 1. The molecule has 0 radical (unpaired) electrons. The van der Waals surface area contributed by atoms with Gasteiger partial charge in [0, 0.05) is 55.9 Å². The van der Waals surface area contributed by atoms with Crippen molar-refractivity contribution in [3.63, 3.8) is 0 Å². The highest BCUT2D eigenvalue weighted by atomic mass is 32.2. The summed E-state index contributed by atoms with van der Waals surface area (Å²) in [7, 11) is -4.04. The number of carbonyl (C=O) groups excluding carboxylic acids is 2. The van der Waals surface area contributed by atoms with Crippen molar-refractivity contribution in [3.8, 4) is 6.07 Å². The molecule has 1 aliphatic rings. The summed E-state index contributed by atoms with van der Waals surface area (Å²) in [4.78, 5) is 30.1. The van der Waals surface area contributed by atoms with Crippen molar-refractivity contribution in [2.45, 2.75) is 62.6 Å². The van der Waals surface area contributed by atoms with E-state index in [9.17, 15) is 23.3 Å². The summed E-state index contributed by atoms with van der Waals surface area (Å²) in [5.41, 5.74) is 1.13. The molecule has 4 rings (SSSR count). The largest absolute Gasteiger partial charge is 0.361 e. The Bertz CT molecular complexity index is 1400. The van der Waals surface area contributed by atoms with Crippen LogP contribution in [0.5, 0.6) is 0 Å². The van der Waals surface area contributed by atoms with Gasteiger partial charge in [0.15, 0.2) is 0 Å². The number of aryl methyl sites for hydroxylation is 1. The fourth-order valence-corrected chi connectivity index (χ4v) is 6.40. The maximum Gasteiger partial charge on any atom is 0.241 e. The Balaban J connectivity index is 1.60. The van der Waals surface area contributed by atoms with Crippen LogP contribution in [0.15, 0.2) is 53.7 Å². The van der Waals surface area contributed by atoms with Crippen molar-refractivity contribution in [3.05, 3.63) is 54.5 Å². The van der Waals surface area contributed by atoms with Crippen LogP contribution in [0.25, 0.3) is 10.9 Å². The second kappa shape index (κ2) is 11.6. The van der Waals surface area contributed by atoms with Crippen molar-refractivity contribution >= 4 is 32.7 Å². The van der Waals surface area contributed by atoms with Crippen molar-refractivity contribution < 1.29 is 18.0 Å². The number of likely N-dealkylation sites (tertiary alicyclic amines) is 1. The van der Waals surface area contributed by atoms with Crippen LogP contribution in [-0.2, 0) is 26.2 Å². The standard InChI is InChI=1S/C26H32N6O4S/c1-19(33)28-13-10-20-6-2-3-16-32(20)26(34)24(12-17-31-15-5-7-21(31)18-27)30-37(35,36)25-9-4-8-23-22(25)11-14-29-23/h4-5,7-9,11,14-15,20,24,29-30H,2-3,6,10,12-13,16-17H2,1H3,(H,28,33). The number of fused-ring (bicyclic) bond motifs is 1. The highest BCUT2D eigenvalue weighted by molar-refractivity contribution is 7.89. The molecule has 37 heavy (non-hydrogen) atoms. The van der Waals surface area contributed by atoms with E-state index in [0.717, 1.165) is 19.3 Å². The second-order valence-electron chi connectivity index (χ2n) is 9.31. The average molecular weight is 525 g/mol. The lowest BCUT2D eigenvalue weighted by Crippen LogP contribution is -2.54. The molecule has 1 aliphatic heterocycles. The quantitative estimate of drug-likeness (QED) is 0.374. The van der Waals surface area contributed by atoms with E-state index in [2.05, 4.69) is 21.1 Å². The first kappa shape index (κ1) is 26.4. The number of nitrogens with zero attached hydrogens (tertiary/aromatic N) is 3. The van der Waals surface area contributed by atoms with E-state index in [1.807, 2.05) is 0 Å². The molecule has 0 spiro atoms. The van der Waals surface area contributed by atoms with Crippen molar-refractivity contribution in [1.82, 2.24) is 24.5 Å². The van der Waals surface area contributed by atoms with Gasteiger partial charge in [0.25, 0.3) is 0 Å². The van der Waals surface area contributed by atoms with Crippen LogP contribution in [0.2, 0.25) is 0 Å². The highest BCUT2D eigenvalue weighted by Gasteiger charge is 2.34. The summed E-state index contributed by atoms with van der Waals surface area (Å²) < 4.78 is 31.5. The minimum absolute atomic E-state index is 0.0885. The molecular formula is C26H32N6O4S. The van der Waals surface area contributed by atoms with Crippen molar-refractivity contribution in [1.29, 1.82) is 5.26 Å². The van der Waals surface area contributed by atoms with Gasteiger partial charge in [-0.1, -0.05) is 6.07 Å². The summed E-state index contributed by atoms with van der Waals surface area (Å²) >= 11 is 0. The smallest absolute Gasteiger partial charge is 0.241 e. The number of piperidine rings is 1. The third-order valence-electron chi connectivity index (χ3n) is 6.80. The summed E-state index contributed by atoms with van der Waals surface area (Å²) in [6, 6.07) is 11.1. The fraction of sp³-hybridized carbons (Fsp3) is 0.423. The number of H-pyrrole nitrogens is 1. The van der Waals surface area contributed by atoms with Crippen LogP contribution in [0.3, 0.4) is 0 Å². The SMILES string of the molecule is CC(=O)NCCC1CCCCN1C(=O)C(CCn1cccc1C#N)NS(=O)(=O)c1cccc2[nH]ccc12. The van der Waals surface area contributed by atoms with Crippen LogP contribution in [0.4, 0.5) is 0 Å². The Morgan fingerprint density at radius 3 is 2.84 bits per heavy atom. The molecule has 2 amide bonds. The topological polar surface area (TPSA) is 140 Å². The first-order valence-electron chi connectivity index (χ1n) is 12.5. The Morgan fingerprint density at radius 2 is 2.05 bits per heavy atom. The zero-order valence-electron chi connectivity index (χ0n) is 20.8. The van der Waals surface area contributed by atoms with Gasteiger partial charge in [-0.05, 0) is 62.4 Å². The molecule has 0 aliphatic carbocycles. The van der Waals surface area contributed by atoms with E-state index in [-0.39, 0.29) is 29.2 Å². The van der Waals surface area contributed by atoms with Gasteiger partial charge in [-0.3, -0.25) is 9.59 Å². The predicted octanol–water partition coefficient (Wildman–Crippen LogP) is 2.49. The molecule has 1 saturated heterocycles. The van der Waals surface area contributed by atoms with E-state index in [0.29, 0.717) is 42.7 Å². The summed E-state index contributed by atoms with van der Waals surface area (Å²) in [5.74, 6) is -0.415. The molecule has 1 aromatic carbocycles. The summed E-state index contributed by atoms with van der Waals surface area (Å²) in [6.07, 6.45) is 6.80. The van der Waals surface area contributed by atoms with Crippen LogP contribution >= 0.6 is 0 Å². The summed E-state index contributed by atoms with van der Waals surface area (Å²) in [6.45, 7) is 2.73. The molecule has 2 atom stereocenters. The number of rotatable bonds is 10. The molecule has 1 fully saturated rings. The minimum Gasteiger partial charge on any atom is -0.361 e. The first-order valence-corrected chi connectivity index (χ1v) is 14.0. The third-order valence-corrected chi connectivity index (χ3v) is 8.33. The maximum atomic E-state index is 13.9. The number of hydrogen-bond acceptors (Lipinski definition) is 5. The molecule has 11 heteroatoms. The first-order chi connectivity index (χ1) is 17.8. The van der Waals surface area contributed by atoms with Crippen molar-refractivity contribution in [2.75, 3.05) is 13.1 Å². The van der Waals surface area contributed by atoms with E-state index >= 15 is 0 Å². The number of nitrogens with one attached hydrogen (secondary N) is 3. The highest BCUT2D eigenvalue weighted by Crippen LogP contribution is 2.25. The van der Waals surface area contributed by atoms with Crippen LogP contribution in [0.1, 0.15) is 44.7 Å². The van der Waals surface area contributed by atoms with E-state index in [1.165, 1.54) is 13.0 Å². The average Bonchev–Trinajstić information content (AvgIpc) is 3.55. The Hall–Kier alpha value is -3.62. The predicted molar refractivity (Wildman–Crippen MR) is 139 cm³/mol. The van der Waals surface area contributed by atoms with E-state index in [1.54, 1.807) is 52.2 Å². The van der Waals surface area contributed by atoms with Gasteiger partial charge in [0.05, 0.1) is 4.90 Å². The van der Waals surface area contributed by atoms with Gasteiger partial charge in [-0.25, -0.2) is 8.42 Å². The number of hydrogen-bond donors (Lipinski definition) is 3. The number of carbonyl (C=O) groups is 2. The number of sulfonamides is 1. The van der Waals surface area contributed by atoms with Gasteiger partial charge in [0.2, 0.25) is 21.8 Å². The van der Waals surface area contributed by atoms with Crippen LogP contribution in [-0.4, -0.2) is 59.9 Å². The molecule has 10 nitrogen and oxygen atoms in total. The monoisotopic (exact) mass is 524 g/mol. The second-order valence-corrected chi connectivity index (χ2v) is 11.0. The molecule has 3 N–H and O–H groups in total. The Kier molecular flexibility index (Phi) is 8.31. The molecule has 3 heterocycles. The zero-order chi connectivity index (χ0) is 26.4. The normalized spacial score (nSPS) is 16.9. The van der Waals surface area contributed by atoms with Gasteiger partial charge < -0.3 is 19.8 Å². The van der Waals surface area contributed by atoms with Gasteiger partial charge in [-0.15, -0.1) is 0 Å². The van der Waals surface area contributed by atoms with E-state index in [4.69, 9.17) is 0 Å². The molecule has 3 aromatic rings. The van der Waals surface area contributed by atoms with Gasteiger partial charge in [-0.2, -0.15) is 9.98 Å². The summed E-state index contributed by atoms with van der Waals surface area (Å²) in [5, 5.41) is 12.7. The molecule has 0 bridgehead atoms. The maximum absolute atomic E-state index is 13.9. The van der Waals surface area contributed by atoms with Crippen LogP contribution in [0, 0.1) is 11.3 Å². The molecule has 0 saturated carbocycles. The minimum atomic E-state index is -4.04. The number of aromatic amines is 1. The molecular weight excluding hydrogens is 492 g/mol. The van der Waals surface area contributed by atoms with Gasteiger partial charge >= 0.3 is 0 Å². The Morgan fingerprint density at radius 1 is 1.22 bits per heavy atom. The van der Waals surface area contributed by atoms with Gasteiger partial charge in [0.1, 0.15) is 17.8 Å². The zero-order valence-corrected chi connectivity index (χ0v) is 21.6. The molecule has 196 valence electrons. The lowest BCUT2D eigenvalue weighted by molar-refractivity contribution is -0.137. The van der Waals surface area contributed by atoms with E-state index < -0.39 is 16.1 Å². The van der Waals surface area contributed by atoms with Crippen molar-refractivity contribution in [2.24, 2.45) is 0 Å². The lowest BCUT2D eigenvalue weighted by atomic mass is 9.98. The Labute approximate surface area is 216 Å². The van der Waals surface area contributed by atoms with Crippen LogP contribution < -0.4 is 10.0 Å².